The summed E-state index contributed by atoms with van der Waals surface area (Å²) >= 11 is 0. The maximum Gasteiger partial charge on any atom is 0.317 e. The number of rotatable bonds is 5. The molecular weight excluding hydrogens is 328 g/mol. The summed E-state index contributed by atoms with van der Waals surface area (Å²) in [5, 5.41) is 2.73. The van der Waals surface area contributed by atoms with Crippen LogP contribution in [0.15, 0.2) is 42.7 Å². The van der Waals surface area contributed by atoms with Gasteiger partial charge in [-0.3, -0.25) is 4.98 Å². The van der Waals surface area contributed by atoms with Crippen LogP contribution in [0, 0.1) is 11.6 Å². The highest BCUT2D eigenvalue weighted by Crippen LogP contribution is 2.17. The summed E-state index contributed by atoms with van der Waals surface area (Å²) in [6, 6.07) is 6.70. The average molecular weight is 347 g/mol. The van der Waals surface area contributed by atoms with Crippen LogP contribution >= 0.6 is 0 Å². The van der Waals surface area contributed by atoms with E-state index in [2.05, 4.69) is 10.3 Å². The van der Waals surface area contributed by atoms with Gasteiger partial charge in [-0.25, -0.2) is 13.6 Å². The predicted octanol–water partition coefficient (Wildman–Crippen LogP) is 2.77. The molecule has 25 heavy (non-hydrogen) atoms. The Kier molecular flexibility index (Phi) is 5.42. The molecule has 0 aliphatic carbocycles. The lowest BCUT2D eigenvalue weighted by Crippen LogP contribution is -2.40. The average Bonchev–Trinajstić information content (AvgIpc) is 3.07. The van der Waals surface area contributed by atoms with Crippen molar-refractivity contribution in [2.75, 3.05) is 19.6 Å². The van der Waals surface area contributed by atoms with Gasteiger partial charge in [0.2, 0.25) is 0 Å². The third-order valence-corrected chi connectivity index (χ3v) is 4.05. The molecule has 0 spiro atoms. The van der Waals surface area contributed by atoms with Gasteiger partial charge >= 0.3 is 6.03 Å². The molecule has 0 saturated carbocycles. The minimum Gasteiger partial charge on any atom is -0.487 e. The zero-order valence-corrected chi connectivity index (χ0v) is 13.6. The Hall–Kier alpha value is -2.70. The number of hydrogen-bond acceptors (Lipinski definition) is 3. The third kappa shape index (κ3) is 4.65. The van der Waals surface area contributed by atoms with Gasteiger partial charge in [0.15, 0.2) is 0 Å². The van der Waals surface area contributed by atoms with Crippen LogP contribution in [0.1, 0.15) is 12.0 Å². The molecule has 3 rings (SSSR count). The molecule has 1 N–H and O–H groups in total. The summed E-state index contributed by atoms with van der Waals surface area (Å²) in [5.41, 5.74) is 0.250. The van der Waals surface area contributed by atoms with Crippen molar-refractivity contribution in [3.63, 3.8) is 0 Å². The maximum atomic E-state index is 13.5. The second kappa shape index (κ2) is 7.92. The molecule has 2 aromatic rings. The first-order valence-electron chi connectivity index (χ1n) is 8.15. The van der Waals surface area contributed by atoms with Crippen LogP contribution in [-0.4, -0.2) is 41.7 Å². The van der Waals surface area contributed by atoms with E-state index in [0.29, 0.717) is 18.8 Å². The molecule has 5 nitrogen and oxygen atoms in total. The summed E-state index contributed by atoms with van der Waals surface area (Å²) in [7, 11) is 0. The fraction of sp³-hybridized carbons (Fsp3) is 0.333. The number of urea groups is 1. The number of amides is 2. The number of hydrogen-bond donors (Lipinski definition) is 1. The van der Waals surface area contributed by atoms with E-state index < -0.39 is 11.6 Å². The van der Waals surface area contributed by atoms with Gasteiger partial charge in [0.1, 0.15) is 23.5 Å². The van der Waals surface area contributed by atoms with Crippen LogP contribution in [0.5, 0.6) is 5.75 Å². The zero-order chi connectivity index (χ0) is 17.6. The second-order valence-corrected chi connectivity index (χ2v) is 5.88. The normalized spacial score (nSPS) is 16.7. The van der Waals surface area contributed by atoms with Crippen LogP contribution in [0.2, 0.25) is 0 Å². The number of nitrogens with zero attached hydrogens (tertiary/aromatic N) is 2. The third-order valence-electron chi connectivity index (χ3n) is 4.05. The van der Waals surface area contributed by atoms with Crippen molar-refractivity contribution >= 4 is 6.03 Å². The van der Waals surface area contributed by atoms with Crippen LogP contribution < -0.4 is 10.1 Å². The Labute approximate surface area is 144 Å². The Bertz CT molecular complexity index is 728. The Balaban J connectivity index is 1.44. The van der Waals surface area contributed by atoms with E-state index in [-0.39, 0.29) is 30.7 Å². The highest BCUT2D eigenvalue weighted by Gasteiger charge is 2.27. The smallest absolute Gasteiger partial charge is 0.317 e. The number of benzene rings is 1. The van der Waals surface area contributed by atoms with Crippen molar-refractivity contribution in [2.45, 2.75) is 18.9 Å². The van der Waals surface area contributed by atoms with Crippen molar-refractivity contribution < 1.29 is 18.3 Å². The molecule has 1 fully saturated rings. The highest BCUT2D eigenvalue weighted by atomic mass is 19.1. The van der Waals surface area contributed by atoms with Crippen LogP contribution in [0.3, 0.4) is 0 Å². The summed E-state index contributed by atoms with van der Waals surface area (Å²) in [5.74, 6) is -0.282. The lowest BCUT2D eigenvalue weighted by Gasteiger charge is -2.18. The van der Waals surface area contributed by atoms with Crippen LogP contribution in [-0.2, 0) is 6.42 Å². The second-order valence-electron chi connectivity index (χ2n) is 5.88. The number of likely N-dealkylation sites (tertiary alicyclic amines) is 1. The SMILES string of the molecule is O=C(NCCc1cc(F)ccc1F)N1CCC(Oc2cccnc2)C1. The molecule has 0 bridgehead atoms. The molecule has 7 heteroatoms. The maximum absolute atomic E-state index is 13.5. The fourth-order valence-corrected chi connectivity index (χ4v) is 2.77. The Morgan fingerprint density at radius 1 is 1.36 bits per heavy atom. The van der Waals surface area contributed by atoms with Crippen molar-refractivity contribution in [3.8, 4) is 5.75 Å². The summed E-state index contributed by atoms with van der Waals surface area (Å²) in [6.45, 7) is 1.31. The molecule has 1 aromatic carbocycles. The molecular formula is C18H19F2N3O2. The minimum atomic E-state index is -0.488. The monoisotopic (exact) mass is 347 g/mol. The van der Waals surface area contributed by atoms with E-state index in [4.69, 9.17) is 4.74 Å². The van der Waals surface area contributed by atoms with Gasteiger partial charge in [0.25, 0.3) is 0 Å². The molecule has 0 radical (unpaired) electrons. The molecule has 1 aromatic heterocycles. The van der Waals surface area contributed by atoms with Gasteiger partial charge in [-0.1, -0.05) is 0 Å². The lowest BCUT2D eigenvalue weighted by atomic mass is 10.1. The first-order chi connectivity index (χ1) is 12.1. The summed E-state index contributed by atoms with van der Waals surface area (Å²) < 4.78 is 32.4. The van der Waals surface area contributed by atoms with E-state index in [1.807, 2.05) is 6.07 Å². The molecule has 1 aliphatic heterocycles. The molecule has 1 unspecified atom stereocenters. The van der Waals surface area contributed by atoms with Gasteiger partial charge in [-0.2, -0.15) is 0 Å². The van der Waals surface area contributed by atoms with Crippen molar-refractivity contribution in [1.29, 1.82) is 0 Å². The summed E-state index contributed by atoms with van der Waals surface area (Å²) in [4.78, 5) is 17.8. The van der Waals surface area contributed by atoms with E-state index >= 15 is 0 Å². The number of aromatic nitrogens is 1. The van der Waals surface area contributed by atoms with E-state index in [9.17, 15) is 13.6 Å². The Morgan fingerprint density at radius 2 is 2.24 bits per heavy atom. The summed E-state index contributed by atoms with van der Waals surface area (Å²) in [6.07, 6.45) is 4.20. The number of halogens is 2. The first-order valence-corrected chi connectivity index (χ1v) is 8.15. The number of carbonyl (C=O) groups is 1. The number of nitrogens with one attached hydrogen (secondary N) is 1. The molecule has 2 heterocycles. The lowest BCUT2D eigenvalue weighted by molar-refractivity contribution is 0.186. The van der Waals surface area contributed by atoms with Gasteiger partial charge in [0.05, 0.1) is 12.7 Å². The van der Waals surface area contributed by atoms with Crippen LogP contribution in [0.4, 0.5) is 13.6 Å². The minimum absolute atomic E-state index is 0.0735. The first kappa shape index (κ1) is 17.1. The molecule has 2 amide bonds. The topological polar surface area (TPSA) is 54.5 Å². The van der Waals surface area contributed by atoms with Crippen molar-refractivity contribution in [1.82, 2.24) is 15.2 Å². The van der Waals surface area contributed by atoms with E-state index in [1.54, 1.807) is 23.4 Å². The molecule has 1 saturated heterocycles. The zero-order valence-electron chi connectivity index (χ0n) is 13.6. The highest BCUT2D eigenvalue weighted by molar-refractivity contribution is 5.74. The number of pyridine rings is 1. The van der Waals surface area contributed by atoms with Gasteiger partial charge in [-0.15, -0.1) is 0 Å². The number of carbonyl (C=O) groups excluding carboxylic acids is 1. The van der Waals surface area contributed by atoms with Crippen molar-refractivity contribution in [3.05, 3.63) is 59.9 Å². The molecule has 132 valence electrons. The van der Waals surface area contributed by atoms with Crippen LogP contribution in [0.25, 0.3) is 0 Å². The molecule has 1 atom stereocenters. The Morgan fingerprint density at radius 3 is 3.04 bits per heavy atom. The largest absolute Gasteiger partial charge is 0.487 e. The number of ether oxygens (including phenoxy) is 1. The van der Waals surface area contributed by atoms with Crippen molar-refractivity contribution in [2.24, 2.45) is 0 Å². The fourth-order valence-electron chi connectivity index (χ4n) is 2.77. The van der Waals surface area contributed by atoms with Gasteiger partial charge in [-0.05, 0) is 42.3 Å². The standard InChI is InChI=1S/C18H19F2N3O2/c19-14-3-4-17(20)13(10-14)5-8-22-18(24)23-9-6-16(12-23)25-15-2-1-7-21-11-15/h1-4,7,10-11,16H,5-6,8-9,12H2,(H,22,24). The predicted molar refractivity (Wildman–Crippen MR) is 88.3 cm³/mol. The van der Waals surface area contributed by atoms with E-state index in [0.717, 1.165) is 24.6 Å². The van der Waals surface area contributed by atoms with Gasteiger partial charge in [0, 0.05) is 25.7 Å². The van der Waals surface area contributed by atoms with Gasteiger partial charge < -0.3 is 15.0 Å². The molecule has 1 aliphatic rings. The quantitative estimate of drug-likeness (QED) is 0.905. The van der Waals surface area contributed by atoms with E-state index in [1.165, 1.54) is 0 Å².